The number of aromatic nitrogens is 1. The summed E-state index contributed by atoms with van der Waals surface area (Å²) in [5, 5.41) is 4.13. The summed E-state index contributed by atoms with van der Waals surface area (Å²) in [4.78, 5) is 20.1. The molecule has 0 radical (unpaired) electrons. The number of fused-ring (bicyclic) bond motifs is 1. The van der Waals surface area contributed by atoms with E-state index in [1.165, 1.54) is 6.20 Å². The molecule has 3 N–H and O–H groups in total. The molecule has 0 aliphatic carbocycles. The first kappa shape index (κ1) is 24.1. The molecule has 0 unspecified atom stereocenters. The van der Waals surface area contributed by atoms with Crippen molar-refractivity contribution in [1.29, 1.82) is 0 Å². The van der Waals surface area contributed by atoms with Gasteiger partial charge in [-0.25, -0.2) is 0 Å². The molecule has 1 fully saturated rings. The van der Waals surface area contributed by atoms with Crippen LogP contribution in [0.25, 0.3) is 10.9 Å². The van der Waals surface area contributed by atoms with Crippen molar-refractivity contribution < 1.29 is 19.0 Å². The van der Waals surface area contributed by atoms with E-state index in [-0.39, 0.29) is 0 Å². The molecule has 180 valence electrons. The van der Waals surface area contributed by atoms with Gasteiger partial charge in [0.05, 0.1) is 49.4 Å². The fraction of sp³-hybridized carbons (Fsp3) is 0.360. The standard InChI is InChI=1S/C25H30N4O4S/c1-31-21-14-17-20(15-22(21)33-11-5-8-29-9-12-32-13-10-29)27-16-18(25(26)30)24(17)28-19-6-3-4-7-23(19)34-2/h3-4,6-7,14-16H,5,8-13H2,1-2H3,(H2,26,30)(H,27,28). The molecule has 0 spiro atoms. The summed E-state index contributed by atoms with van der Waals surface area (Å²) in [7, 11) is 1.60. The summed E-state index contributed by atoms with van der Waals surface area (Å²) in [6.07, 6.45) is 4.41. The summed E-state index contributed by atoms with van der Waals surface area (Å²) in [6.45, 7) is 5.01. The average Bonchev–Trinajstić information content (AvgIpc) is 2.87. The van der Waals surface area contributed by atoms with E-state index < -0.39 is 5.91 Å². The average molecular weight is 483 g/mol. The number of carbonyl (C=O) groups excluding carboxylic acids is 1. The van der Waals surface area contributed by atoms with Crippen LogP contribution in [0.3, 0.4) is 0 Å². The van der Waals surface area contributed by atoms with E-state index in [1.54, 1.807) is 18.9 Å². The van der Waals surface area contributed by atoms with Crippen molar-refractivity contribution in [1.82, 2.24) is 9.88 Å². The molecule has 1 saturated heterocycles. The van der Waals surface area contributed by atoms with Crippen LogP contribution in [0, 0.1) is 0 Å². The van der Waals surface area contributed by atoms with Crippen LogP contribution < -0.4 is 20.5 Å². The number of rotatable bonds is 10. The molecular formula is C25H30N4O4S. The number of amides is 1. The number of methoxy groups -OCH3 is 1. The number of hydrogen-bond acceptors (Lipinski definition) is 8. The molecule has 0 atom stereocenters. The molecule has 8 nitrogen and oxygen atoms in total. The lowest BCUT2D eigenvalue weighted by Gasteiger charge is -2.26. The Labute approximate surface area is 203 Å². The number of nitrogens with one attached hydrogen (secondary N) is 1. The molecule has 0 bridgehead atoms. The first-order valence-electron chi connectivity index (χ1n) is 11.2. The van der Waals surface area contributed by atoms with Gasteiger partial charge in [-0.05, 0) is 30.9 Å². The Morgan fingerprint density at radius 1 is 1.24 bits per heavy atom. The maximum Gasteiger partial charge on any atom is 0.252 e. The van der Waals surface area contributed by atoms with Crippen molar-refractivity contribution in [2.24, 2.45) is 5.73 Å². The van der Waals surface area contributed by atoms with Crippen LogP contribution in [0.15, 0.2) is 47.5 Å². The number of primary amides is 1. The minimum atomic E-state index is -0.555. The van der Waals surface area contributed by atoms with Crippen molar-refractivity contribution in [3.05, 3.63) is 48.2 Å². The second-order valence-electron chi connectivity index (χ2n) is 7.91. The van der Waals surface area contributed by atoms with Gasteiger partial charge in [0.2, 0.25) is 0 Å². The molecule has 2 heterocycles. The molecule has 0 saturated carbocycles. The summed E-state index contributed by atoms with van der Waals surface area (Å²) in [5.41, 5.74) is 8.15. The van der Waals surface area contributed by atoms with Gasteiger partial charge in [0.25, 0.3) is 5.91 Å². The minimum absolute atomic E-state index is 0.310. The van der Waals surface area contributed by atoms with E-state index in [4.69, 9.17) is 19.9 Å². The second kappa shape index (κ2) is 11.4. The van der Waals surface area contributed by atoms with Crippen LogP contribution in [0.4, 0.5) is 11.4 Å². The van der Waals surface area contributed by atoms with Crippen LogP contribution in [0.5, 0.6) is 11.5 Å². The number of ether oxygens (including phenoxy) is 3. The summed E-state index contributed by atoms with van der Waals surface area (Å²) in [6, 6.07) is 11.6. The van der Waals surface area contributed by atoms with Gasteiger partial charge in [-0.3, -0.25) is 14.7 Å². The Hall–Kier alpha value is -3.01. The quantitative estimate of drug-likeness (QED) is 0.332. The first-order valence-corrected chi connectivity index (χ1v) is 12.5. The van der Waals surface area contributed by atoms with Crippen LogP contribution in [0.1, 0.15) is 16.8 Å². The Morgan fingerprint density at radius 2 is 2.03 bits per heavy atom. The lowest BCUT2D eigenvalue weighted by molar-refractivity contribution is 0.0357. The highest BCUT2D eigenvalue weighted by molar-refractivity contribution is 7.98. The van der Waals surface area contributed by atoms with E-state index in [9.17, 15) is 4.79 Å². The summed E-state index contributed by atoms with van der Waals surface area (Å²) < 4.78 is 17.1. The third-order valence-corrected chi connectivity index (χ3v) is 6.56. The number of anilines is 2. The third kappa shape index (κ3) is 5.55. The van der Waals surface area contributed by atoms with Crippen LogP contribution in [-0.2, 0) is 4.74 Å². The van der Waals surface area contributed by atoms with Crippen LogP contribution >= 0.6 is 11.8 Å². The Kier molecular flexibility index (Phi) is 8.10. The predicted octanol–water partition coefficient (Wildman–Crippen LogP) is 3.91. The monoisotopic (exact) mass is 482 g/mol. The van der Waals surface area contributed by atoms with E-state index in [0.717, 1.165) is 55.2 Å². The molecule has 1 aliphatic rings. The molecule has 1 aromatic heterocycles. The van der Waals surface area contributed by atoms with Crippen molar-refractivity contribution in [2.45, 2.75) is 11.3 Å². The van der Waals surface area contributed by atoms with Gasteiger partial charge in [-0.15, -0.1) is 11.8 Å². The zero-order chi connectivity index (χ0) is 23.9. The highest BCUT2D eigenvalue weighted by Gasteiger charge is 2.18. The normalized spacial score (nSPS) is 14.2. The number of carbonyl (C=O) groups is 1. The summed E-state index contributed by atoms with van der Waals surface area (Å²) in [5.74, 6) is 0.635. The number of nitrogens with two attached hydrogens (primary N) is 1. The van der Waals surface area contributed by atoms with Crippen molar-refractivity contribution in [3.8, 4) is 11.5 Å². The second-order valence-corrected chi connectivity index (χ2v) is 8.76. The van der Waals surface area contributed by atoms with E-state index >= 15 is 0 Å². The van der Waals surface area contributed by atoms with Crippen molar-refractivity contribution in [3.63, 3.8) is 0 Å². The number of benzene rings is 2. The number of para-hydroxylation sites is 1. The van der Waals surface area contributed by atoms with E-state index in [2.05, 4.69) is 15.2 Å². The zero-order valence-corrected chi connectivity index (χ0v) is 20.3. The van der Waals surface area contributed by atoms with Gasteiger partial charge >= 0.3 is 0 Å². The van der Waals surface area contributed by atoms with Crippen LogP contribution in [-0.4, -0.2) is 68.6 Å². The smallest absolute Gasteiger partial charge is 0.252 e. The Morgan fingerprint density at radius 3 is 2.76 bits per heavy atom. The lowest BCUT2D eigenvalue weighted by atomic mass is 10.1. The zero-order valence-electron chi connectivity index (χ0n) is 19.5. The van der Waals surface area contributed by atoms with Crippen LogP contribution in [0.2, 0.25) is 0 Å². The topological polar surface area (TPSA) is 98.9 Å². The predicted molar refractivity (Wildman–Crippen MR) is 136 cm³/mol. The fourth-order valence-corrected chi connectivity index (χ4v) is 4.53. The molecule has 9 heteroatoms. The van der Waals surface area contributed by atoms with Gasteiger partial charge in [-0.2, -0.15) is 0 Å². The molecule has 3 aromatic rings. The number of thioether (sulfide) groups is 1. The van der Waals surface area contributed by atoms with Crippen molar-refractivity contribution in [2.75, 3.05) is 58.1 Å². The minimum Gasteiger partial charge on any atom is -0.493 e. The fourth-order valence-electron chi connectivity index (χ4n) is 3.97. The van der Waals surface area contributed by atoms with E-state index in [0.29, 0.717) is 34.9 Å². The third-order valence-electron chi connectivity index (χ3n) is 5.77. The number of nitrogens with zero attached hydrogens (tertiary/aromatic N) is 2. The van der Waals surface area contributed by atoms with Crippen molar-refractivity contribution >= 4 is 39.9 Å². The maximum atomic E-state index is 12.2. The van der Waals surface area contributed by atoms with Gasteiger partial charge in [-0.1, -0.05) is 12.1 Å². The Balaban J connectivity index is 1.61. The largest absolute Gasteiger partial charge is 0.493 e. The number of hydrogen-bond donors (Lipinski definition) is 2. The maximum absolute atomic E-state index is 12.2. The summed E-state index contributed by atoms with van der Waals surface area (Å²) >= 11 is 1.62. The Bertz CT molecular complexity index is 1150. The van der Waals surface area contributed by atoms with Gasteiger partial charge in [0.1, 0.15) is 0 Å². The highest BCUT2D eigenvalue weighted by atomic mass is 32.2. The molecule has 4 rings (SSSR count). The van der Waals surface area contributed by atoms with E-state index in [1.807, 2.05) is 42.7 Å². The number of pyridine rings is 1. The molecule has 1 amide bonds. The first-order chi connectivity index (χ1) is 16.6. The molecule has 34 heavy (non-hydrogen) atoms. The molecular weight excluding hydrogens is 452 g/mol. The molecule has 2 aromatic carbocycles. The lowest BCUT2D eigenvalue weighted by Crippen LogP contribution is -2.37. The van der Waals surface area contributed by atoms with Gasteiger partial charge < -0.3 is 25.3 Å². The highest BCUT2D eigenvalue weighted by Crippen LogP contribution is 2.38. The van der Waals surface area contributed by atoms with Gasteiger partial charge in [0.15, 0.2) is 11.5 Å². The SMILES string of the molecule is COc1cc2c(Nc3ccccc3SC)c(C(N)=O)cnc2cc1OCCCN1CCOCC1. The van der Waals surface area contributed by atoms with Gasteiger partial charge in [0, 0.05) is 42.2 Å². The number of morpholine rings is 1. The molecule has 1 aliphatic heterocycles.